The molecule has 4 aromatic carbocycles. The van der Waals surface area contributed by atoms with E-state index in [4.69, 9.17) is 58.0 Å². The van der Waals surface area contributed by atoms with Crippen LogP contribution in [0.2, 0.25) is 25.1 Å². The van der Waals surface area contributed by atoms with Crippen LogP contribution < -0.4 is 9.44 Å². The van der Waals surface area contributed by atoms with Gasteiger partial charge in [-0.05, 0) is 66.2 Å². The number of sulfonamides is 2. The smallest absolute Gasteiger partial charge is 0.261 e. The van der Waals surface area contributed by atoms with Crippen molar-refractivity contribution in [3.05, 3.63) is 97.9 Å². The Morgan fingerprint density at radius 2 is 0.921 bits per heavy atom. The van der Waals surface area contributed by atoms with Crippen LogP contribution in [-0.4, -0.2) is 21.9 Å². The average molecular weight is 653 g/mol. The van der Waals surface area contributed by atoms with Gasteiger partial charge >= 0.3 is 0 Å². The largest absolute Gasteiger partial charge is 0.508 e. The SMILES string of the molecule is O=S(=O)(Nc1c(Cl)c(Cl)c(NS(=O)(=O)c2ccc(Cl)cc2)c(-c2ccc(O)cc2)c1Cl)c1ccc(Cl)cc1. The number of benzene rings is 4. The molecule has 4 aromatic rings. The molecule has 0 spiro atoms. The molecule has 0 saturated carbocycles. The Balaban J connectivity index is 1.91. The fourth-order valence-electron chi connectivity index (χ4n) is 3.36. The van der Waals surface area contributed by atoms with Gasteiger partial charge in [0.25, 0.3) is 20.0 Å². The number of hydrogen-bond acceptors (Lipinski definition) is 5. The van der Waals surface area contributed by atoms with E-state index >= 15 is 0 Å². The van der Waals surface area contributed by atoms with E-state index in [9.17, 15) is 21.9 Å². The van der Waals surface area contributed by atoms with Crippen molar-refractivity contribution in [2.45, 2.75) is 9.79 Å². The van der Waals surface area contributed by atoms with Crippen LogP contribution in [0.25, 0.3) is 11.1 Å². The van der Waals surface area contributed by atoms with Gasteiger partial charge < -0.3 is 5.11 Å². The second kappa shape index (κ2) is 11.0. The van der Waals surface area contributed by atoms with Crippen LogP contribution in [0.15, 0.2) is 82.6 Å². The van der Waals surface area contributed by atoms with Gasteiger partial charge in [0.15, 0.2) is 0 Å². The van der Waals surface area contributed by atoms with Gasteiger partial charge in [0, 0.05) is 15.6 Å². The second-order valence-electron chi connectivity index (χ2n) is 7.73. The van der Waals surface area contributed by atoms with E-state index in [-0.39, 0.29) is 47.5 Å². The molecule has 0 aliphatic heterocycles. The highest BCUT2D eigenvalue weighted by Gasteiger charge is 2.28. The molecule has 0 fully saturated rings. The maximum Gasteiger partial charge on any atom is 0.261 e. The summed E-state index contributed by atoms with van der Waals surface area (Å²) >= 11 is 31.4. The van der Waals surface area contributed by atoms with Crippen LogP contribution in [0.4, 0.5) is 11.4 Å². The van der Waals surface area contributed by atoms with Crippen LogP contribution in [0.3, 0.4) is 0 Å². The van der Waals surface area contributed by atoms with E-state index in [1.54, 1.807) is 0 Å². The van der Waals surface area contributed by atoms with Crippen molar-refractivity contribution < 1.29 is 21.9 Å². The molecule has 0 atom stereocenters. The lowest BCUT2D eigenvalue weighted by molar-refractivity contribution is 0.475. The molecule has 0 bridgehead atoms. The average Bonchev–Trinajstić information content (AvgIpc) is 2.86. The summed E-state index contributed by atoms with van der Waals surface area (Å²) in [6.07, 6.45) is 0. The van der Waals surface area contributed by atoms with E-state index in [1.807, 2.05) is 0 Å². The Hall–Kier alpha value is -2.37. The number of phenolic OH excluding ortho intramolecular Hbond substituents is 1. The molecule has 198 valence electrons. The molecule has 0 aromatic heterocycles. The first-order chi connectivity index (χ1) is 17.8. The standard InChI is InChI=1S/C24H15Cl5N2O5S2/c25-14-3-9-17(10-4-14)37(33,34)30-23-19(13-1-7-16(32)8-2-13)20(27)24(22(29)21(23)28)31-38(35,36)18-11-5-15(26)6-12-18/h1-12,30-32H. The molecule has 3 N–H and O–H groups in total. The predicted molar refractivity (Wildman–Crippen MR) is 153 cm³/mol. The van der Waals surface area contributed by atoms with Gasteiger partial charge in [-0.1, -0.05) is 70.1 Å². The topological polar surface area (TPSA) is 113 Å². The van der Waals surface area contributed by atoms with E-state index in [1.165, 1.54) is 72.8 Å². The maximum atomic E-state index is 13.2. The normalized spacial score (nSPS) is 11.8. The highest BCUT2D eigenvalue weighted by atomic mass is 35.5. The summed E-state index contributed by atoms with van der Waals surface area (Å²) in [4.78, 5) is -0.266. The molecule has 4 rings (SSSR count). The Morgan fingerprint density at radius 1 is 0.526 bits per heavy atom. The fraction of sp³-hybridized carbons (Fsp3) is 0. The molecule has 0 unspecified atom stereocenters. The molecule has 0 heterocycles. The van der Waals surface area contributed by atoms with Crippen LogP contribution >= 0.6 is 58.0 Å². The van der Waals surface area contributed by atoms with Gasteiger partial charge in [-0.2, -0.15) is 0 Å². The maximum absolute atomic E-state index is 13.2. The van der Waals surface area contributed by atoms with Gasteiger partial charge in [-0.25, -0.2) is 16.8 Å². The molecule has 0 amide bonds. The van der Waals surface area contributed by atoms with Crippen LogP contribution in [-0.2, 0) is 20.0 Å². The minimum absolute atomic E-state index is 0.00686. The predicted octanol–water partition coefficient (Wildman–Crippen LogP) is 7.93. The number of aromatic hydroxyl groups is 1. The first-order valence-electron chi connectivity index (χ1n) is 10.4. The zero-order valence-electron chi connectivity index (χ0n) is 18.7. The Bertz CT molecular complexity index is 1730. The second-order valence-corrected chi connectivity index (χ2v) is 13.1. The number of rotatable bonds is 7. The lowest BCUT2D eigenvalue weighted by Gasteiger charge is -2.21. The van der Waals surface area contributed by atoms with E-state index in [2.05, 4.69) is 9.44 Å². The minimum atomic E-state index is -4.23. The molecule has 0 aliphatic carbocycles. The minimum Gasteiger partial charge on any atom is -0.508 e. The van der Waals surface area contributed by atoms with E-state index in [0.717, 1.165) is 0 Å². The number of anilines is 2. The lowest BCUT2D eigenvalue weighted by Crippen LogP contribution is -2.16. The van der Waals surface area contributed by atoms with E-state index < -0.39 is 20.0 Å². The Kier molecular flexibility index (Phi) is 8.30. The van der Waals surface area contributed by atoms with Crippen molar-refractivity contribution in [3.63, 3.8) is 0 Å². The van der Waals surface area contributed by atoms with E-state index in [0.29, 0.717) is 15.6 Å². The van der Waals surface area contributed by atoms with Gasteiger partial charge in [0.1, 0.15) is 5.75 Å². The van der Waals surface area contributed by atoms with Gasteiger partial charge in [0.05, 0.1) is 36.2 Å². The summed E-state index contributed by atoms with van der Waals surface area (Å²) in [7, 11) is -8.45. The summed E-state index contributed by atoms with van der Waals surface area (Å²) in [5.74, 6) is -0.0723. The highest BCUT2D eigenvalue weighted by Crippen LogP contribution is 2.50. The zero-order valence-corrected chi connectivity index (χ0v) is 24.1. The summed E-state index contributed by atoms with van der Waals surface area (Å²) in [5.41, 5.74) is -0.193. The molecule has 0 saturated heterocycles. The van der Waals surface area contributed by atoms with Crippen molar-refractivity contribution in [1.29, 1.82) is 0 Å². The third-order valence-electron chi connectivity index (χ3n) is 5.20. The van der Waals surface area contributed by atoms with Gasteiger partial charge in [0.2, 0.25) is 0 Å². The number of halogens is 5. The first-order valence-corrected chi connectivity index (χ1v) is 15.2. The van der Waals surface area contributed by atoms with Crippen molar-refractivity contribution in [1.82, 2.24) is 0 Å². The molecular weight excluding hydrogens is 638 g/mol. The monoisotopic (exact) mass is 650 g/mol. The lowest BCUT2D eigenvalue weighted by atomic mass is 10.0. The molecule has 7 nitrogen and oxygen atoms in total. The van der Waals surface area contributed by atoms with Crippen molar-refractivity contribution in [3.8, 4) is 16.9 Å². The van der Waals surface area contributed by atoms with Crippen molar-refractivity contribution >= 4 is 89.4 Å². The summed E-state index contributed by atoms with van der Waals surface area (Å²) in [6, 6.07) is 16.3. The van der Waals surface area contributed by atoms with Crippen LogP contribution in [0.1, 0.15) is 0 Å². The molecule has 0 aliphatic rings. The van der Waals surface area contributed by atoms with Gasteiger partial charge in [-0.3, -0.25) is 9.44 Å². The van der Waals surface area contributed by atoms with Crippen LogP contribution in [0, 0.1) is 0 Å². The molecule has 14 heteroatoms. The quantitative estimate of drug-likeness (QED) is 0.176. The van der Waals surface area contributed by atoms with Crippen molar-refractivity contribution in [2.24, 2.45) is 0 Å². The van der Waals surface area contributed by atoms with Crippen LogP contribution in [0.5, 0.6) is 5.75 Å². The third kappa shape index (κ3) is 5.94. The number of nitrogens with one attached hydrogen (secondary N) is 2. The van der Waals surface area contributed by atoms with Gasteiger partial charge in [-0.15, -0.1) is 0 Å². The molecule has 38 heavy (non-hydrogen) atoms. The highest BCUT2D eigenvalue weighted by molar-refractivity contribution is 7.93. The molecular formula is C24H15Cl5N2O5S2. The zero-order chi connectivity index (χ0) is 27.8. The third-order valence-corrected chi connectivity index (χ3v) is 9.66. The fourth-order valence-corrected chi connectivity index (χ4v) is 6.82. The summed E-state index contributed by atoms with van der Waals surface area (Å²) in [6.45, 7) is 0. The first kappa shape index (κ1) is 28.6. The molecule has 0 radical (unpaired) electrons. The Labute approximate surface area is 244 Å². The van der Waals surface area contributed by atoms with Crippen molar-refractivity contribution in [2.75, 3.05) is 9.44 Å². The Morgan fingerprint density at radius 3 is 1.37 bits per heavy atom. The number of phenols is 1. The summed E-state index contributed by atoms with van der Waals surface area (Å²) in [5, 5.41) is 9.47. The number of hydrogen-bond donors (Lipinski definition) is 3. The summed E-state index contributed by atoms with van der Waals surface area (Å²) < 4.78 is 57.2.